The fourth-order valence-corrected chi connectivity index (χ4v) is 2.35. The van der Waals surface area contributed by atoms with Crippen LogP contribution < -0.4 is 0 Å². The molecule has 0 aromatic heterocycles. The largest absolute Gasteiger partial charge is 0.444 e. The van der Waals surface area contributed by atoms with Crippen LogP contribution >= 0.6 is 0 Å². The zero-order valence-corrected chi connectivity index (χ0v) is 12.3. The van der Waals surface area contributed by atoms with Gasteiger partial charge in [-0.25, -0.2) is 13.6 Å². The van der Waals surface area contributed by atoms with E-state index >= 15 is 0 Å². The number of piperidine rings is 1. The molecule has 1 aliphatic heterocycles. The second-order valence-electron chi connectivity index (χ2n) is 6.25. The minimum Gasteiger partial charge on any atom is -0.444 e. The lowest BCUT2D eigenvalue weighted by molar-refractivity contribution is -0.0857. The van der Waals surface area contributed by atoms with Crippen LogP contribution in [0.2, 0.25) is 0 Å². The summed E-state index contributed by atoms with van der Waals surface area (Å²) in [5, 5.41) is 0. The Labute approximate surface area is 114 Å². The van der Waals surface area contributed by atoms with Crippen LogP contribution in [-0.2, 0) is 4.74 Å². The zero-order chi connectivity index (χ0) is 14.7. The predicted molar refractivity (Wildman–Crippen MR) is 70.4 cm³/mol. The highest BCUT2D eigenvalue weighted by atomic mass is 19.3. The maximum atomic E-state index is 13.8. The third-order valence-electron chi connectivity index (χ3n) is 3.33. The average Bonchev–Trinajstić information content (AvgIpc) is 2.27. The third kappa shape index (κ3) is 4.96. The molecule has 0 aromatic rings. The summed E-state index contributed by atoms with van der Waals surface area (Å²) in [7, 11) is 0. The smallest absolute Gasteiger partial charge is 0.410 e. The van der Waals surface area contributed by atoms with Gasteiger partial charge in [0.05, 0.1) is 0 Å². The van der Waals surface area contributed by atoms with E-state index < -0.39 is 23.5 Å². The van der Waals surface area contributed by atoms with Gasteiger partial charge in [0.2, 0.25) is 0 Å². The molecule has 5 heteroatoms. The van der Waals surface area contributed by atoms with Crippen LogP contribution in [0.25, 0.3) is 0 Å². The maximum Gasteiger partial charge on any atom is 0.410 e. The van der Waals surface area contributed by atoms with E-state index in [1.165, 1.54) is 4.90 Å². The molecule has 1 rings (SSSR count). The Morgan fingerprint density at radius 2 is 1.79 bits per heavy atom. The Morgan fingerprint density at radius 3 is 2.21 bits per heavy atom. The van der Waals surface area contributed by atoms with Crippen molar-refractivity contribution in [1.29, 1.82) is 0 Å². The van der Waals surface area contributed by atoms with Crippen LogP contribution in [0, 0.1) is 5.92 Å². The molecule has 1 saturated heterocycles. The molecule has 19 heavy (non-hydrogen) atoms. The maximum absolute atomic E-state index is 13.8. The molecule has 1 fully saturated rings. The van der Waals surface area contributed by atoms with Crippen LogP contribution in [0.4, 0.5) is 13.6 Å². The van der Waals surface area contributed by atoms with Gasteiger partial charge in [0.15, 0.2) is 0 Å². The van der Waals surface area contributed by atoms with Gasteiger partial charge in [0.25, 0.3) is 5.92 Å². The first-order chi connectivity index (χ1) is 8.65. The van der Waals surface area contributed by atoms with Gasteiger partial charge >= 0.3 is 6.09 Å². The molecule has 112 valence electrons. The van der Waals surface area contributed by atoms with Gasteiger partial charge in [0.1, 0.15) is 5.60 Å². The summed E-state index contributed by atoms with van der Waals surface area (Å²) < 4.78 is 32.8. The molecule has 0 atom stereocenters. The second-order valence-corrected chi connectivity index (χ2v) is 6.25. The van der Waals surface area contributed by atoms with Crippen LogP contribution in [-0.4, -0.2) is 35.6 Å². The summed E-state index contributed by atoms with van der Waals surface area (Å²) >= 11 is 0. The molecule has 0 unspecified atom stereocenters. The van der Waals surface area contributed by atoms with Crippen molar-refractivity contribution < 1.29 is 18.3 Å². The molecule has 1 amide bonds. The number of likely N-dealkylation sites (tertiary alicyclic amines) is 1. The first-order valence-electron chi connectivity index (χ1n) is 7.01. The van der Waals surface area contributed by atoms with E-state index in [2.05, 4.69) is 0 Å². The van der Waals surface area contributed by atoms with Crippen molar-refractivity contribution in [2.24, 2.45) is 5.92 Å². The van der Waals surface area contributed by atoms with Gasteiger partial charge in [-0.15, -0.1) is 0 Å². The summed E-state index contributed by atoms with van der Waals surface area (Å²) in [6.45, 7) is 7.88. The van der Waals surface area contributed by atoms with Crippen LogP contribution in [0.15, 0.2) is 0 Å². The molecule has 1 aliphatic rings. The molecule has 0 N–H and O–H groups in total. The van der Waals surface area contributed by atoms with Gasteiger partial charge in [0, 0.05) is 25.4 Å². The number of rotatable bonds is 3. The Morgan fingerprint density at radius 1 is 1.26 bits per heavy atom. The Kier molecular flexibility index (Phi) is 5.16. The first kappa shape index (κ1) is 16.2. The molecule has 0 aliphatic carbocycles. The van der Waals surface area contributed by atoms with Crippen molar-refractivity contribution in [3.63, 3.8) is 0 Å². The molecule has 0 bridgehead atoms. The number of hydrogen-bond donors (Lipinski definition) is 0. The molecular weight excluding hydrogens is 252 g/mol. The lowest BCUT2D eigenvalue weighted by Gasteiger charge is -2.36. The highest BCUT2D eigenvalue weighted by Crippen LogP contribution is 2.36. The van der Waals surface area contributed by atoms with Crippen molar-refractivity contribution in [3.05, 3.63) is 0 Å². The number of alkyl halides is 2. The second kappa shape index (κ2) is 6.06. The lowest BCUT2D eigenvalue weighted by Crippen LogP contribution is -2.45. The van der Waals surface area contributed by atoms with Gasteiger partial charge in [-0.05, 0) is 33.6 Å². The average molecular weight is 277 g/mol. The minimum absolute atomic E-state index is 0.0654. The number of amides is 1. The van der Waals surface area contributed by atoms with Crippen molar-refractivity contribution in [2.45, 2.75) is 64.9 Å². The summed E-state index contributed by atoms with van der Waals surface area (Å²) in [5.74, 6) is -3.21. The number of carbonyl (C=O) groups is 1. The van der Waals surface area contributed by atoms with Gasteiger partial charge in [-0.1, -0.05) is 13.3 Å². The van der Waals surface area contributed by atoms with Crippen LogP contribution in [0.5, 0.6) is 0 Å². The van der Waals surface area contributed by atoms with Crippen molar-refractivity contribution in [2.75, 3.05) is 13.1 Å². The fourth-order valence-electron chi connectivity index (χ4n) is 2.35. The van der Waals surface area contributed by atoms with Gasteiger partial charge in [-0.2, -0.15) is 0 Å². The SMILES string of the molecule is CCCC(F)(F)C1CCN(C(=O)OC(C)(C)C)CC1. The fraction of sp³-hybridized carbons (Fsp3) is 0.929. The zero-order valence-electron chi connectivity index (χ0n) is 12.3. The summed E-state index contributed by atoms with van der Waals surface area (Å²) in [6.07, 6.45) is 0.728. The molecule has 1 heterocycles. The van der Waals surface area contributed by atoms with E-state index in [1.807, 2.05) is 0 Å². The Bertz CT molecular complexity index is 305. The summed E-state index contributed by atoms with van der Waals surface area (Å²) in [6, 6.07) is 0. The van der Waals surface area contributed by atoms with E-state index in [0.29, 0.717) is 32.4 Å². The van der Waals surface area contributed by atoms with Crippen LogP contribution in [0.1, 0.15) is 53.4 Å². The number of nitrogens with zero attached hydrogens (tertiary/aromatic N) is 1. The molecule has 3 nitrogen and oxygen atoms in total. The number of hydrogen-bond acceptors (Lipinski definition) is 2. The van der Waals surface area contributed by atoms with Gasteiger partial charge < -0.3 is 9.64 Å². The van der Waals surface area contributed by atoms with E-state index in [-0.39, 0.29) is 6.42 Å². The molecule has 0 spiro atoms. The number of halogens is 2. The first-order valence-corrected chi connectivity index (χ1v) is 7.01. The van der Waals surface area contributed by atoms with E-state index in [4.69, 9.17) is 4.74 Å². The van der Waals surface area contributed by atoms with E-state index in [9.17, 15) is 13.6 Å². The summed E-state index contributed by atoms with van der Waals surface area (Å²) in [4.78, 5) is 13.3. The predicted octanol–water partition coefficient (Wildman–Crippen LogP) is 4.07. The van der Waals surface area contributed by atoms with Gasteiger partial charge in [-0.3, -0.25) is 0 Å². The Hall–Kier alpha value is -0.870. The highest BCUT2D eigenvalue weighted by molar-refractivity contribution is 5.68. The number of ether oxygens (including phenoxy) is 1. The quantitative estimate of drug-likeness (QED) is 0.778. The van der Waals surface area contributed by atoms with Crippen LogP contribution in [0.3, 0.4) is 0 Å². The molecular formula is C14H25F2NO2. The number of carbonyl (C=O) groups excluding carboxylic acids is 1. The lowest BCUT2D eigenvalue weighted by atomic mass is 9.88. The van der Waals surface area contributed by atoms with E-state index in [0.717, 1.165) is 0 Å². The molecule has 0 saturated carbocycles. The third-order valence-corrected chi connectivity index (χ3v) is 3.33. The summed E-state index contributed by atoms with van der Waals surface area (Å²) in [5.41, 5.74) is -0.542. The normalized spacial score (nSPS) is 18.5. The minimum atomic E-state index is -2.60. The topological polar surface area (TPSA) is 29.5 Å². The standard InChI is InChI=1S/C14H25F2NO2/c1-5-8-14(15,16)11-6-9-17(10-7-11)12(18)19-13(2,3)4/h11H,5-10H2,1-4H3. The Balaban J connectivity index is 2.47. The van der Waals surface area contributed by atoms with Crippen molar-refractivity contribution >= 4 is 6.09 Å². The van der Waals surface area contributed by atoms with Crippen molar-refractivity contribution in [1.82, 2.24) is 4.90 Å². The molecule has 0 radical (unpaired) electrons. The molecule has 0 aromatic carbocycles. The monoisotopic (exact) mass is 277 g/mol. The highest BCUT2D eigenvalue weighted by Gasteiger charge is 2.41. The van der Waals surface area contributed by atoms with E-state index in [1.54, 1.807) is 27.7 Å². The van der Waals surface area contributed by atoms with Crippen molar-refractivity contribution in [3.8, 4) is 0 Å².